The van der Waals surface area contributed by atoms with E-state index in [9.17, 15) is 9.59 Å². The summed E-state index contributed by atoms with van der Waals surface area (Å²) in [5.41, 5.74) is 2.39. The number of anilines is 1. The van der Waals surface area contributed by atoms with Crippen LogP contribution < -0.4 is 20.3 Å². The van der Waals surface area contributed by atoms with Crippen molar-refractivity contribution in [2.45, 2.75) is 6.92 Å². The quantitative estimate of drug-likeness (QED) is 0.379. The van der Waals surface area contributed by atoms with Crippen LogP contribution in [-0.4, -0.2) is 29.7 Å². The van der Waals surface area contributed by atoms with Crippen LogP contribution in [0.4, 0.5) is 5.69 Å². The summed E-state index contributed by atoms with van der Waals surface area (Å²) in [7, 11) is 3.04. The normalized spacial score (nSPS) is 10.8. The van der Waals surface area contributed by atoms with Crippen molar-refractivity contribution >= 4 is 46.3 Å². The molecule has 1 aromatic heterocycles. The van der Waals surface area contributed by atoms with Crippen LogP contribution in [0.3, 0.4) is 0 Å². The number of amides is 1. The lowest BCUT2D eigenvalue weighted by Crippen LogP contribution is -2.21. The van der Waals surface area contributed by atoms with Crippen molar-refractivity contribution in [2.24, 2.45) is 0 Å². The van der Waals surface area contributed by atoms with Crippen molar-refractivity contribution in [1.82, 2.24) is 9.55 Å². The molecule has 168 valence electrons. The molecule has 0 saturated carbocycles. The zero-order chi connectivity index (χ0) is 23.7. The van der Waals surface area contributed by atoms with Crippen molar-refractivity contribution in [2.75, 3.05) is 19.5 Å². The van der Waals surface area contributed by atoms with E-state index in [-0.39, 0.29) is 16.2 Å². The Kier molecular flexibility index (Phi) is 6.22. The lowest BCUT2D eigenvalue weighted by molar-refractivity contribution is 0.102. The minimum absolute atomic E-state index is 0.155. The Balaban J connectivity index is 1.77. The SMILES string of the molecule is COc1ccc(OC)c(-n2c(=S)[nH]c3cc(C(=O)Nc4ccc(C)c(Cl)c4)ccc3c2=O)c1. The number of hydrogen-bond acceptors (Lipinski definition) is 5. The fourth-order valence-electron chi connectivity index (χ4n) is 3.42. The Morgan fingerprint density at radius 3 is 2.55 bits per heavy atom. The van der Waals surface area contributed by atoms with Gasteiger partial charge >= 0.3 is 0 Å². The third-order valence-electron chi connectivity index (χ3n) is 5.22. The minimum Gasteiger partial charge on any atom is -0.497 e. The summed E-state index contributed by atoms with van der Waals surface area (Å²) < 4.78 is 12.2. The Bertz CT molecular complexity index is 1510. The second kappa shape index (κ2) is 9.09. The Hall–Kier alpha value is -3.62. The molecule has 9 heteroatoms. The first kappa shape index (κ1) is 22.6. The van der Waals surface area contributed by atoms with Crippen LogP contribution in [0, 0.1) is 11.7 Å². The number of rotatable bonds is 5. The average molecular weight is 482 g/mol. The maximum Gasteiger partial charge on any atom is 0.266 e. The number of aromatic nitrogens is 2. The fraction of sp³-hybridized carbons (Fsp3) is 0.125. The van der Waals surface area contributed by atoms with Gasteiger partial charge in [-0.1, -0.05) is 17.7 Å². The second-order valence-electron chi connectivity index (χ2n) is 7.29. The molecule has 0 aliphatic carbocycles. The molecule has 0 atom stereocenters. The number of nitrogens with zero attached hydrogens (tertiary/aromatic N) is 1. The number of fused-ring (bicyclic) bond motifs is 1. The van der Waals surface area contributed by atoms with E-state index in [1.54, 1.807) is 48.5 Å². The molecule has 1 heterocycles. The van der Waals surface area contributed by atoms with Gasteiger partial charge in [0.05, 0.1) is 30.8 Å². The van der Waals surface area contributed by atoms with Gasteiger partial charge in [0, 0.05) is 22.3 Å². The van der Waals surface area contributed by atoms with Crippen LogP contribution in [0.2, 0.25) is 5.02 Å². The van der Waals surface area contributed by atoms with Crippen LogP contribution in [0.25, 0.3) is 16.6 Å². The summed E-state index contributed by atoms with van der Waals surface area (Å²) >= 11 is 11.6. The monoisotopic (exact) mass is 481 g/mol. The van der Waals surface area contributed by atoms with Crippen molar-refractivity contribution in [1.29, 1.82) is 0 Å². The number of aromatic amines is 1. The summed E-state index contributed by atoms with van der Waals surface area (Å²) in [6.45, 7) is 1.88. The first-order valence-electron chi connectivity index (χ1n) is 9.91. The van der Waals surface area contributed by atoms with E-state index < -0.39 is 0 Å². The number of benzene rings is 3. The van der Waals surface area contributed by atoms with Gasteiger partial charge in [-0.25, -0.2) is 4.57 Å². The lowest BCUT2D eigenvalue weighted by atomic mass is 10.1. The molecule has 0 unspecified atom stereocenters. The third-order valence-corrected chi connectivity index (χ3v) is 5.91. The summed E-state index contributed by atoms with van der Waals surface area (Å²) in [5, 5.41) is 3.73. The molecule has 4 rings (SSSR count). The van der Waals surface area contributed by atoms with Crippen molar-refractivity contribution in [3.05, 3.63) is 85.9 Å². The van der Waals surface area contributed by atoms with Gasteiger partial charge in [-0.15, -0.1) is 0 Å². The van der Waals surface area contributed by atoms with E-state index in [1.807, 2.05) is 13.0 Å². The zero-order valence-electron chi connectivity index (χ0n) is 18.1. The molecule has 7 nitrogen and oxygen atoms in total. The molecule has 0 radical (unpaired) electrons. The van der Waals surface area contributed by atoms with E-state index in [1.165, 1.54) is 18.8 Å². The van der Waals surface area contributed by atoms with Gasteiger partial charge in [0.15, 0.2) is 4.77 Å². The molecular formula is C24H20ClN3O4S. The molecule has 0 saturated heterocycles. The number of aryl methyl sites for hydroxylation is 1. The molecule has 0 aliphatic heterocycles. The van der Waals surface area contributed by atoms with Crippen LogP contribution >= 0.6 is 23.8 Å². The van der Waals surface area contributed by atoms with E-state index in [0.29, 0.717) is 44.4 Å². The van der Waals surface area contributed by atoms with Crippen molar-refractivity contribution in [3.63, 3.8) is 0 Å². The van der Waals surface area contributed by atoms with Gasteiger partial charge in [-0.2, -0.15) is 0 Å². The number of carbonyl (C=O) groups excluding carboxylic acids is 1. The lowest BCUT2D eigenvalue weighted by Gasteiger charge is -2.14. The Morgan fingerprint density at radius 2 is 1.85 bits per heavy atom. The maximum absolute atomic E-state index is 13.3. The largest absolute Gasteiger partial charge is 0.497 e. The highest BCUT2D eigenvalue weighted by Gasteiger charge is 2.15. The third kappa shape index (κ3) is 4.35. The standard InChI is InChI=1S/C24H20ClN3O4S/c1-13-4-6-15(11-18(13)25)26-22(29)14-5-8-17-19(10-14)27-24(33)28(23(17)30)20-12-16(31-2)7-9-21(20)32-3/h4-12H,1-3H3,(H,26,29)(H,27,33). The van der Waals surface area contributed by atoms with E-state index in [2.05, 4.69) is 10.3 Å². The van der Waals surface area contributed by atoms with E-state index >= 15 is 0 Å². The molecule has 0 fully saturated rings. The second-order valence-corrected chi connectivity index (χ2v) is 8.08. The Morgan fingerprint density at radius 1 is 1.06 bits per heavy atom. The summed E-state index contributed by atoms with van der Waals surface area (Å²) in [6.07, 6.45) is 0. The van der Waals surface area contributed by atoms with E-state index in [4.69, 9.17) is 33.3 Å². The first-order chi connectivity index (χ1) is 15.8. The van der Waals surface area contributed by atoms with Gasteiger partial charge in [0.25, 0.3) is 11.5 Å². The average Bonchev–Trinajstić information content (AvgIpc) is 2.81. The van der Waals surface area contributed by atoms with Gasteiger partial charge in [-0.3, -0.25) is 9.59 Å². The highest BCUT2D eigenvalue weighted by molar-refractivity contribution is 7.71. The minimum atomic E-state index is -0.349. The molecule has 33 heavy (non-hydrogen) atoms. The van der Waals surface area contributed by atoms with Gasteiger partial charge < -0.3 is 19.8 Å². The number of hydrogen-bond donors (Lipinski definition) is 2. The van der Waals surface area contributed by atoms with Gasteiger partial charge in [-0.05, 0) is 67.2 Å². The molecule has 0 bridgehead atoms. The number of methoxy groups -OCH3 is 2. The first-order valence-corrected chi connectivity index (χ1v) is 10.7. The van der Waals surface area contributed by atoms with Crippen molar-refractivity contribution < 1.29 is 14.3 Å². The topological polar surface area (TPSA) is 85.3 Å². The van der Waals surface area contributed by atoms with Gasteiger partial charge in [0.1, 0.15) is 11.5 Å². The summed E-state index contributed by atoms with van der Waals surface area (Å²) in [4.78, 5) is 29.1. The molecule has 0 spiro atoms. The summed E-state index contributed by atoms with van der Waals surface area (Å²) in [6, 6.07) is 15.1. The van der Waals surface area contributed by atoms with E-state index in [0.717, 1.165) is 5.56 Å². The smallest absolute Gasteiger partial charge is 0.266 e. The molecular weight excluding hydrogens is 462 g/mol. The van der Waals surface area contributed by atoms with Crippen LogP contribution in [0.15, 0.2) is 59.4 Å². The molecule has 3 aromatic carbocycles. The molecule has 0 aliphatic rings. The highest BCUT2D eigenvalue weighted by atomic mass is 35.5. The van der Waals surface area contributed by atoms with Crippen LogP contribution in [0.1, 0.15) is 15.9 Å². The van der Waals surface area contributed by atoms with Gasteiger partial charge in [0.2, 0.25) is 0 Å². The van der Waals surface area contributed by atoms with Crippen LogP contribution in [0.5, 0.6) is 11.5 Å². The highest BCUT2D eigenvalue weighted by Crippen LogP contribution is 2.27. The molecule has 4 aromatic rings. The number of H-pyrrole nitrogens is 1. The molecule has 1 amide bonds. The Labute approximate surface area is 199 Å². The number of halogens is 1. The number of carbonyl (C=O) groups is 1. The zero-order valence-corrected chi connectivity index (χ0v) is 19.6. The summed E-state index contributed by atoms with van der Waals surface area (Å²) in [5.74, 6) is 0.676. The maximum atomic E-state index is 13.3. The van der Waals surface area contributed by atoms with Crippen molar-refractivity contribution in [3.8, 4) is 17.2 Å². The number of nitrogens with one attached hydrogen (secondary N) is 2. The predicted molar refractivity (Wildman–Crippen MR) is 132 cm³/mol. The predicted octanol–water partition coefficient (Wildman–Crippen LogP) is 5.28. The van der Waals surface area contributed by atoms with Crippen LogP contribution in [-0.2, 0) is 0 Å². The fourth-order valence-corrected chi connectivity index (χ4v) is 3.90. The number of ether oxygens (including phenoxy) is 2. The molecule has 2 N–H and O–H groups in total.